The number of aliphatic imine (C=N–C) groups is 2. The summed E-state index contributed by atoms with van der Waals surface area (Å²) in [4.78, 5) is 14.8. The number of nitrogens with one attached hydrogen (secondary N) is 1. The third-order valence-electron chi connectivity index (χ3n) is 5.92. The van der Waals surface area contributed by atoms with Crippen molar-refractivity contribution in [2.24, 2.45) is 21.6 Å². The lowest BCUT2D eigenvalue weighted by Gasteiger charge is -2.34. The summed E-state index contributed by atoms with van der Waals surface area (Å²) in [5.41, 5.74) is 11.6. The molecule has 1 aliphatic heterocycles. The van der Waals surface area contributed by atoms with Gasteiger partial charge in [0.05, 0.1) is 5.69 Å². The summed E-state index contributed by atoms with van der Waals surface area (Å²) in [6, 6.07) is 10.7. The summed E-state index contributed by atoms with van der Waals surface area (Å²) in [5.74, 6) is 1.06. The van der Waals surface area contributed by atoms with Crippen LogP contribution in [-0.2, 0) is 6.54 Å². The molecular weight excluding hydrogens is 540 g/mol. The van der Waals surface area contributed by atoms with Crippen LogP contribution in [0.2, 0.25) is 0 Å². The van der Waals surface area contributed by atoms with E-state index in [0.717, 1.165) is 66.0 Å². The molecular formula is C30H41BrN6O. The van der Waals surface area contributed by atoms with Gasteiger partial charge < -0.3 is 21.1 Å². The van der Waals surface area contributed by atoms with E-state index in [4.69, 9.17) is 5.73 Å². The molecule has 1 fully saturated rings. The number of phenolic OH excluding ortho intramolecular Hbond substituents is 1. The number of hydrogen-bond donors (Lipinski definition) is 3. The molecule has 1 aliphatic rings. The third-order valence-corrected chi connectivity index (χ3v) is 6.92. The van der Waals surface area contributed by atoms with Crippen LogP contribution in [0.25, 0.3) is 0 Å². The van der Waals surface area contributed by atoms with Gasteiger partial charge in [-0.25, -0.2) is 4.99 Å². The molecule has 8 heteroatoms. The summed E-state index contributed by atoms with van der Waals surface area (Å²) in [7, 11) is 0. The Bertz CT molecular complexity index is 1140. The largest absolute Gasteiger partial charge is 0.508 e. The van der Waals surface area contributed by atoms with Gasteiger partial charge in [-0.05, 0) is 104 Å². The van der Waals surface area contributed by atoms with E-state index in [2.05, 4.69) is 66.8 Å². The Morgan fingerprint density at radius 2 is 2.00 bits per heavy atom. The fraction of sp³-hybridized carbons (Fsp3) is 0.367. The maximum absolute atomic E-state index is 9.40. The SMILES string of the molecule is C=C(/C=C(\C)NCc1cccnc1)C1CCCN(C(N)=Nc2ccc(O)cc2)C1.CCN=CC(Br)=C(C)C. The van der Waals surface area contributed by atoms with Crippen LogP contribution in [0.15, 0.2) is 92.8 Å². The lowest BCUT2D eigenvalue weighted by Crippen LogP contribution is -2.44. The van der Waals surface area contributed by atoms with Crippen LogP contribution in [0.1, 0.15) is 46.1 Å². The molecule has 1 aromatic carbocycles. The predicted molar refractivity (Wildman–Crippen MR) is 164 cm³/mol. The molecule has 0 amide bonds. The number of pyridine rings is 1. The summed E-state index contributed by atoms with van der Waals surface area (Å²) >= 11 is 3.37. The topological polar surface area (TPSA) is 99.1 Å². The Morgan fingerprint density at radius 1 is 1.26 bits per heavy atom. The van der Waals surface area contributed by atoms with Gasteiger partial charge in [-0.15, -0.1) is 0 Å². The van der Waals surface area contributed by atoms with Gasteiger partial charge in [-0.3, -0.25) is 9.98 Å². The number of aromatic hydroxyl groups is 1. The average Bonchev–Trinajstić information content (AvgIpc) is 2.92. The van der Waals surface area contributed by atoms with Crippen molar-refractivity contribution in [3.8, 4) is 5.75 Å². The number of rotatable bonds is 8. The highest BCUT2D eigenvalue weighted by molar-refractivity contribution is 9.12. The summed E-state index contributed by atoms with van der Waals surface area (Å²) < 4.78 is 1.09. The molecule has 3 rings (SSSR count). The second kappa shape index (κ2) is 16.5. The van der Waals surface area contributed by atoms with Crippen molar-refractivity contribution in [1.82, 2.24) is 15.2 Å². The minimum Gasteiger partial charge on any atom is -0.508 e. The first kappa shape index (κ1) is 30.8. The maximum atomic E-state index is 9.40. The van der Waals surface area contributed by atoms with Crippen LogP contribution in [0, 0.1) is 5.92 Å². The zero-order valence-electron chi connectivity index (χ0n) is 23.0. The molecule has 1 unspecified atom stereocenters. The van der Waals surface area contributed by atoms with Crippen molar-refractivity contribution in [1.29, 1.82) is 0 Å². The fourth-order valence-electron chi connectivity index (χ4n) is 3.71. The van der Waals surface area contributed by atoms with Crippen molar-refractivity contribution in [3.63, 3.8) is 0 Å². The number of allylic oxidation sites excluding steroid dienone is 4. The molecule has 0 aliphatic carbocycles. The Kier molecular flexibility index (Phi) is 13.3. The van der Waals surface area contributed by atoms with Gasteiger partial charge in [0, 0.05) is 60.9 Å². The van der Waals surface area contributed by atoms with E-state index in [1.165, 1.54) is 5.57 Å². The highest BCUT2D eigenvalue weighted by Gasteiger charge is 2.22. The maximum Gasteiger partial charge on any atom is 0.196 e. The molecule has 1 atom stereocenters. The van der Waals surface area contributed by atoms with Crippen LogP contribution in [0.3, 0.4) is 0 Å². The monoisotopic (exact) mass is 580 g/mol. The van der Waals surface area contributed by atoms with E-state index >= 15 is 0 Å². The van der Waals surface area contributed by atoms with Crippen molar-refractivity contribution in [3.05, 3.63) is 88.3 Å². The third kappa shape index (κ3) is 11.3. The molecule has 2 heterocycles. The van der Waals surface area contributed by atoms with Crippen LogP contribution in [0.4, 0.5) is 5.69 Å². The molecule has 0 spiro atoms. The Morgan fingerprint density at radius 3 is 2.63 bits per heavy atom. The number of nitrogens with zero attached hydrogens (tertiary/aromatic N) is 4. The van der Waals surface area contributed by atoms with E-state index in [-0.39, 0.29) is 5.75 Å². The van der Waals surface area contributed by atoms with E-state index in [1.807, 2.05) is 39.2 Å². The molecule has 0 bridgehead atoms. The van der Waals surface area contributed by atoms with E-state index in [0.29, 0.717) is 11.9 Å². The highest BCUT2D eigenvalue weighted by atomic mass is 79.9. The zero-order chi connectivity index (χ0) is 27.9. The number of benzene rings is 1. The quantitative estimate of drug-likeness (QED) is 0.189. The minimum absolute atomic E-state index is 0.219. The van der Waals surface area contributed by atoms with Crippen molar-refractivity contribution < 1.29 is 5.11 Å². The van der Waals surface area contributed by atoms with E-state index in [1.54, 1.807) is 30.5 Å². The summed E-state index contributed by atoms with van der Waals surface area (Å²) in [5, 5.41) is 12.8. The van der Waals surface area contributed by atoms with Gasteiger partial charge in [0.25, 0.3) is 0 Å². The standard InChI is InChI=1S/C23H29N5O.C7H12BrN/c1-17(13-18(2)26-15-19-5-3-11-25-14-19)20-6-4-12-28(16-20)23(24)27-21-7-9-22(29)10-8-21;1-4-9-5-7(8)6(2)3/h3,5,7-11,13-14,20,26,29H,1,4,6,12,15-16H2,2H3,(H2,24,27);5H,4H2,1-3H3/b18-13+;. The van der Waals surface area contributed by atoms with Gasteiger partial charge in [0.15, 0.2) is 5.96 Å². The smallest absolute Gasteiger partial charge is 0.196 e. The average molecular weight is 582 g/mol. The second-order valence-corrected chi connectivity index (χ2v) is 10.2. The fourth-order valence-corrected chi connectivity index (χ4v) is 3.85. The number of piperidine rings is 1. The molecule has 1 saturated heterocycles. The summed E-state index contributed by atoms with van der Waals surface area (Å²) in [6.45, 7) is 15.8. The van der Waals surface area contributed by atoms with E-state index in [9.17, 15) is 5.11 Å². The first-order chi connectivity index (χ1) is 18.2. The van der Waals surface area contributed by atoms with Gasteiger partial charge >= 0.3 is 0 Å². The second-order valence-electron chi connectivity index (χ2n) is 9.36. The number of nitrogens with two attached hydrogens (primary N) is 1. The number of likely N-dealkylation sites (tertiary alicyclic amines) is 1. The predicted octanol–water partition coefficient (Wildman–Crippen LogP) is 6.46. The van der Waals surface area contributed by atoms with Gasteiger partial charge in [0.2, 0.25) is 0 Å². The molecule has 204 valence electrons. The van der Waals surface area contributed by atoms with Crippen LogP contribution in [-0.4, -0.2) is 46.8 Å². The number of hydrogen-bond acceptors (Lipinski definition) is 5. The first-order valence-corrected chi connectivity index (χ1v) is 13.7. The molecule has 4 N–H and O–H groups in total. The van der Waals surface area contributed by atoms with Crippen LogP contribution >= 0.6 is 15.9 Å². The van der Waals surface area contributed by atoms with Crippen molar-refractivity contribution in [2.75, 3.05) is 19.6 Å². The van der Waals surface area contributed by atoms with Gasteiger partial charge in [-0.2, -0.15) is 0 Å². The molecule has 2 aromatic rings. The van der Waals surface area contributed by atoms with Gasteiger partial charge in [0.1, 0.15) is 5.75 Å². The lowest BCUT2D eigenvalue weighted by atomic mass is 9.91. The van der Waals surface area contributed by atoms with E-state index < -0.39 is 0 Å². The number of halogens is 1. The Balaban J connectivity index is 0.000000484. The summed E-state index contributed by atoms with van der Waals surface area (Å²) in [6.07, 6.45) is 9.75. The number of phenols is 1. The lowest BCUT2D eigenvalue weighted by molar-refractivity contribution is 0.285. The van der Waals surface area contributed by atoms with Crippen LogP contribution < -0.4 is 11.1 Å². The zero-order valence-corrected chi connectivity index (χ0v) is 24.6. The molecule has 38 heavy (non-hydrogen) atoms. The minimum atomic E-state index is 0.219. The number of guanidine groups is 1. The molecule has 0 saturated carbocycles. The Hall–Kier alpha value is -3.39. The molecule has 7 nitrogen and oxygen atoms in total. The van der Waals surface area contributed by atoms with Gasteiger partial charge in [-0.1, -0.05) is 18.2 Å². The van der Waals surface area contributed by atoms with Crippen LogP contribution in [0.5, 0.6) is 5.75 Å². The van der Waals surface area contributed by atoms with Crippen molar-refractivity contribution in [2.45, 2.75) is 47.1 Å². The first-order valence-electron chi connectivity index (χ1n) is 12.9. The molecule has 1 aromatic heterocycles. The molecule has 0 radical (unpaired) electrons. The Labute approximate surface area is 236 Å². The normalized spacial score (nSPS) is 16.0. The van der Waals surface area contributed by atoms with Crippen molar-refractivity contribution >= 4 is 33.8 Å². The highest BCUT2D eigenvalue weighted by Crippen LogP contribution is 2.25. The number of aromatic nitrogens is 1.